The van der Waals surface area contributed by atoms with Crippen LogP contribution in [0.4, 0.5) is 0 Å². The number of benzene rings is 3. The van der Waals surface area contributed by atoms with Gasteiger partial charge in [-0.05, 0) is 28.2 Å². The predicted octanol–water partition coefficient (Wildman–Crippen LogP) is 5.94. The molecule has 5 heteroatoms. The Hall–Kier alpha value is -3.15. The monoisotopic (exact) mass is 428 g/mol. The van der Waals surface area contributed by atoms with Crippen molar-refractivity contribution in [2.24, 2.45) is 5.73 Å². The number of primary amides is 1. The topological polar surface area (TPSA) is 56.0 Å². The molecular weight excluding hydrogens is 408 g/mol. The first-order chi connectivity index (χ1) is 14.7. The molecule has 148 valence electrons. The lowest BCUT2D eigenvalue weighted by molar-refractivity contribution is 0.0996. The third kappa shape index (κ3) is 4.08. The van der Waals surface area contributed by atoms with Crippen LogP contribution in [0.5, 0.6) is 0 Å². The average Bonchev–Trinajstić information content (AvgIpc) is 3.28. The third-order valence-corrected chi connectivity index (χ3v) is 6.91. The standard InChI is InChI=1S/C25H20N2OS2/c26-24(28)22-18-29-23(27-22)16-17-30-25(19-10-4-1-5-11-19,20-12-6-2-7-13-20)21-14-8-3-9-15-21/h1-18H,(H2,26,28). The first-order valence-electron chi connectivity index (χ1n) is 9.46. The Morgan fingerprint density at radius 1 is 0.833 bits per heavy atom. The van der Waals surface area contributed by atoms with E-state index in [-0.39, 0.29) is 0 Å². The summed E-state index contributed by atoms with van der Waals surface area (Å²) < 4.78 is -0.427. The molecule has 2 N–H and O–H groups in total. The molecule has 0 fully saturated rings. The molecule has 0 atom stereocenters. The number of amides is 1. The van der Waals surface area contributed by atoms with E-state index in [1.807, 2.05) is 24.3 Å². The SMILES string of the molecule is NC(=O)c1csc(C=CSC(c2ccccc2)(c2ccccc2)c2ccccc2)n1. The number of nitrogens with zero attached hydrogens (tertiary/aromatic N) is 1. The summed E-state index contributed by atoms with van der Waals surface area (Å²) in [4.78, 5) is 15.6. The van der Waals surface area contributed by atoms with Gasteiger partial charge >= 0.3 is 0 Å². The Labute approximate surface area is 184 Å². The van der Waals surface area contributed by atoms with Crippen molar-refractivity contribution in [1.82, 2.24) is 4.98 Å². The van der Waals surface area contributed by atoms with E-state index in [2.05, 4.69) is 83.2 Å². The zero-order valence-corrected chi connectivity index (χ0v) is 17.8. The molecule has 0 aliphatic carbocycles. The molecule has 4 aromatic rings. The van der Waals surface area contributed by atoms with Gasteiger partial charge in [-0.1, -0.05) is 91.0 Å². The number of carbonyl (C=O) groups excluding carboxylic acids is 1. The van der Waals surface area contributed by atoms with Crippen molar-refractivity contribution in [3.05, 3.63) is 129 Å². The molecule has 0 unspecified atom stereocenters. The van der Waals surface area contributed by atoms with Crippen LogP contribution in [0.3, 0.4) is 0 Å². The summed E-state index contributed by atoms with van der Waals surface area (Å²) in [6, 6.07) is 31.5. The highest BCUT2D eigenvalue weighted by atomic mass is 32.2. The van der Waals surface area contributed by atoms with Crippen LogP contribution >= 0.6 is 23.1 Å². The normalized spacial score (nSPS) is 11.6. The van der Waals surface area contributed by atoms with Crippen LogP contribution < -0.4 is 5.73 Å². The maximum absolute atomic E-state index is 11.3. The van der Waals surface area contributed by atoms with Crippen molar-refractivity contribution >= 4 is 35.1 Å². The fourth-order valence-electron chi connectivity index (χ4n) is 3.39. The number of rotatable bonds is 7. The summed E-state index contributed by atoms with van der Waals surface area (Å²) >= 11 is 3.11. The fourth-order valence-corrected chi connectivity index (χ4v) is 5.40. The van der Waals surface area contributed by atoms with Crippen molar-refractivity contribution in [3.8, 4) is 0 Å². The van der Waals surface area contributed by atoms with Gasteiger partial charge in [-0.3, -0.25) is 4.79 Å². The van der Waals surface area contributed by atoms with Crippen molar-refractivity contribution in [1.29, 1.82) is 0 Å². The van der Waals surface area contributed by atoms with E-state index in [4.69, 9.17) is 5.73 Å². The quantitative estimate of drug-likeness (QED) is 0.371. The lowest BCUT2D eigenvalue weighted by Gasteiger charge is -2.34. The first kappa shape index (κ1) is 20.1. The smallest absolute Gasteiger partial charge is 0.268 e. The highest BCUT2D eigenvalue weighted by molar-refractivity contribution is 8.03. The molecule has 0 saturated heterocycles. The van der Waals surface area contributed by atoms with Crippen molar-refractivity contribution in [2.45, 2.75) is 4.75 Å². The Bertz CT molecular complexity index is 1040. The molecule has 0 aliphatic heterocycles. The summed E-state index contributed by atoms with van der Waals surface area (Å²) in [5, 5.41) is 4.49. The van der Waals surface area contributed by atoms with Crippen molar-refractivity contribution in [3.63, 3.8) is 0 Å². The first-order valence-corrected chi connectivity index (χ1v) is 11.2. The molecule has 30 heavy (non-hydrogen) atoms. The van der Waals surface area contributed by atoms with Crippen molar-refractivity contribution < 1.29 is 4.79 Å². The van der Waals surface area contributed by atoms with Gasteiger partial charge in [0.05, 0.1) is 4.75 Å². The van der Waals surface area contributed by atoms with E-state index in [9.17, 15) is 4.79 Å². The summed E-state index contributed by atoms with van der Waals surface area (Å²) in [6.07, 6.45) is 1.94. The zero-order valence-electron chi connectivity index (χ0n) is 16.1. The van der Waals surface area contributed by atoms with E-state index < -0.39 is 10.7 Å². The zero-order chi connectivity index (χ0) is 20.8. The van der Waals surface area contributed by atoms with Crippen molar-refractivity contribution in [2.75, 3.05) is 0 Å². The van der Waals surface area contributed by atoms with Crippen LogP contribution in [-0.2, 0) is 4.75 Å². The minimum absolute atomic E-state index is 0.296. The van der Waals surface area contributed by atoms with E-state index in [0.717, 1.165) is 5.01 Å². The lowest BCUT2D eigenvalue weighted by atomic mass is 9.84. The number of aromatic nitrogens is 1. The number of nitrogens with two attached hydrogens (primary N) is 1. The Morgan fingerprint density at radius 3 is 1.70 bits per heavy atom. The Balaban J connectivity index is 1.82. The van der Waals surface area contributed by atoms with E-state index in [0.29, 0.717) is 5.69 Å². The molecular formula is C25H20N2OS2. The largest absolute Gasteiger partial charge is 0.364 e. The van der Waals surface area contributed by atoms with Gasteiger partial charge in [0.1, 0.15) is 10.7 Å². The number of hydrogen-bond donors (Lipinski definition) is 1. The average molecular weight is 429 g/mol. The Morgan fingerprint density at radius 2 is 1.30 bits per heavy atom. The van der Waals surface area contributed by atoms with Gasteiger partial charge in [-0.15, -0.1) is 23.1 Å². The summed E-state index contributed by atoms with van der Waals surface area (Å²) in [5.41, 5.74) is 9.19. The maximum Gasteiger partial charge on any atom is 0.268 e. The highest BCUT2D eigenvalue weighted by Crippen LogP contribution is 2.49. The minimum Gasteiger partial charge on any atom is -0.364 e. The second-order valence-corrected chi connectivity index (χ2v) is 8.65. The highest BCUT2D eigenvalue weighted by Gasteiger charge is 2.36. The van der Waals surface area contributed by atoms with Crippen LogP contribution in [0.1, 0.15) is 32.2 Å². The number of carbonyl (C=O) groups is 1. The molecule has 0 aliphatic rings. The van der Waals surface area contributed by atoms with E-state index >= 15 is 0 Å². The number of hydrogen-bond acceptors (Lipinski definition) is 4. The van der Waals surface area contributed by atoms with Gasteiger partial charge in [-0.25, -0.2) is 4.98 Å². The molecule has 1 amide bonds. The van der Waals surface area contributed by atoms with Crippen LogP contribution in [0, 0.1) is 0 Å². The third-order valence-electron chi connectivity index (χ3n) is 4.77. The molecule has 0 bridgehead atoms. The summed E-state index contributed by atoms with van der Waals surface area (Å²) in [5.74, 6) is -0.509. The predicted molar refractivity (Wildman–Crippen MR) is 126 cm³/mol. The van der Waals surface area contributed by atoms with Gasteiger partial charge in [0.25, 0.3) is 5.91 Å². The summed E-state index contributed by atoms with van der Waals surface area (Å²) in [6.45, 7) is 0. The molecule has 0 spiro atoms. The number of thioether (sulfide) groups is 1. The lowest BCUT2D eigenvalue weighted by Crippen LogP contribution is -2.24. The van der Waals surface area contributed by atoms with E-state index in [1.165, 1.54) is 28.0 Å². The minimum atomic E-state index is -0.509. The molecule has 3 aromatic carbocycles. The van der Waals surface area contributed by atoms with Crippen LogP contribution in [0.25, 0.3) is 6.08 Å². The molecule has 0 radical (unpaired) electrons. The van der Waals surface area contributed by atoms with Gasteiger partial charge < -0.3 is 5.73 Å². The van der Waals surface area contributed by atoms with Gasteiger partial charge in [-0.2, -0.15) is 0 Å². The molecule has 1 aromatic heterocycles. The fraction of sp³-hybridized carbons (Fsp3) is 0.0400. The maximum atomic E-state index is 11.3. The van der Waals surface area contributed by atoms with Gasteiger partial charge in [0.15, 0.2) is 0 Å². The van der Waals surface area contributed by atoms with Crippen LogP contribution in [-0.4, -0.2) is 10.9 Å². The second kappa shape index (κ2) is 9.11. The molecule has 4 rings (SSSR count). The summed E-state index contributed by atoms with van der Waals surface area (Å²) in [7, 11) is 0. The second-order valence-electron chi connectivity index (χ2n) is 6.64. The van der Waals surface area contributed by atoms with Gasteiger partial charge in [0.2, 0.25) is 0 Å². The van der Waals surface area contributed by atoms with Gasteiger partial charge in [0, 0.05) is 5.38 Å². The molecule has 0 saturated carbocycles. The van der Waals surface area contributed by atoms with Crippen LogP contribution in [0.2, 0.25) is 0 Å². The Kier molecular flexibility index (Phi) is 6.12. The van der Waals surface area contributed by atoms with E-state index in [1.54, 1.807) is 17.1 Å². The van der Waals surface area contributed by atoms with Crippen LogP contribution in [0.15, 0.2) is 102 Å². The number of thiazole rings is 1. The molecule has 1 heterocycles. The molecule has 3 nitrogen and oxygen atoms in total.